The molecule has 0 radical (unpaired) electrons. The number of Topliss-reactive ketones (excluding diaryl/α,β-unsaturated/α-hetero) is 1. The predicted octanol–water partition coefficient (Wildman–Crippen LogP) is 2.79. The standard InChI is InChI=1S/C18H25N3O2S/c1-10-6-7-13-14(8-10)24-17-16(13)18(23)21(11(2)12(3)22)15(19-17)9-20(4)5/h10-11H,6-9H2,1-5H3. The third-order valence-electron chi connectivity index (χ3n) is 4.87. The van der Waals surface area contributed by atoms with Crippen LogP contribution in [0.1, 0.15) is 49.5 Å². The topological polar surface area (TPSA) is 55.2 Å². The highest BCUT2D eigenvalue weighted by molar-refractivity contribution is 7.18. The Balaban J connectivity index is 2.28. The van der Waals surface area contributed by atoms with Crippen molar-refractivity contribution in [1.29, 1.82) is 0 Å². The van der Waals surface area contributed by atoms with Crippen LogP contribution in [0.4, 0.5) is 0 Å². The predicted molar refractivity (Wildman–Crippen MR) is 97.9 cm³/mol. The molecule has 1 aliphatic rings. The summed E-state index contributed by atoms with van der Waals surface area (Å²) in [5.41, 5.74) is 1.12. The summed E-state index contributed by atoms with van der Waals surface area (Å²) >= 11 is 1.66. The van der Waals surface area contributed by atoms with Crippen LogP contribution >= 0.6 is 11.3 Å². The van der Waals surface area contributed by atoms with E-state index in [1.807, 2.05) is 19.0 Å². The van der Waals surface area contributed by atoms with E-state index in [1.54, 1.807) is 22.8 Å². The lowest BCUT2D eigenvalue weighted by Gasteiger charge is -2.20. The average molecular weight is 347 g/mol. The van der Waals surface area contributed by atoms with E-state index >= 15 is 0 Å². The number of carbonyl (C=O) groups excluding carboxylic acids is 1. The Hall–Kier alpha value is -1.53. The van der Waals surface area contributed by atoms with Crippen molar-refractivity contribution in [3.8, 4) is 0 Å². The van der Waals surface area contributed by atoms with Crippen molar-refractivity contribution in [1.82, 2.24) is 14.5 Å². The Kier molecular flexibility index (Phi) is 4.62. The lowest BCUT2D eigenvalue weighted by atomic mass is 9.89. The number of ketones is 1. The lowest BCUT2D eigenvalue weighted by molar-refractivity contribution is -0.119. The van der Waals surface area contributed by atoms with Gasteiger partial charge in [-0.1, -0.05) is 6.92 Å². The monoisotopic (exact) mass is 347 g/mol. The fraction of sp³-hybridized carbons (Fsp3) is 0.611. The maximum Gasteiger partial charge on any atom is 0.263 e. The molecule has 2 heterocycles. The van der Waals surface area contributed by atoms with Crippen LogP contribution in [-0.2, 0) is 24.2 Å². The van der Waals surface area contributed by atoms with Gasteiger partial charge in [-0.3, -0.25) is 14.2 Å². The highest BCUT2D eigenvalue weighted by Gasteiger charge is 2.26. The van der Waals surface area contributed by atoms with E-state index in [2.05, 4.69) is 6.92 Å². The van der Waals surface area contributed by atoms with Crippen molar-refractivity contribution in [2.24, 2.45) is 5.92 Å². The molecule has 0 bridgehead atoms. The molecule has 2 atom stereocenters. The van der Waals surface area contributed by atoms with Crippen LogP contribution in [-0.4, -0.2) is 34.3 Å². The van der Waals surface area contributed by atoms with Gasteiger partial charge in [-0.2, -0.15) is 0 Å². The smallest absolute Gasteiger partial charge is 0.263 e. The molecule has 0 aromatic carbocycles. The molecule has 0 N–H and O–H groups in total. The van der Waals surface area contributed by atoms with Crippen LogP contribution in [0.15, 0.2) is 4.79 Å². The first-order valence-corrected chi connectivity index (χ1v) is 9.32. The Labute approximate surface area is 146 Å². The lowest BCUT2D eigenvalue weighted by Crippen LogP contribution is -2.33. The van der Waals surface area contributed by atoms with Crippen LogP contribution in [0.5, 0.6) is 0 Å². The summed E-state index contributed by atoms with van der Waals surface area (Å²) in [5.74, 6) is 1.31. The van der Waals surface area contributed by atoms with Gasteiger partial charge in [0.1, 0.15) is 10.7 Å². The number of hydrogen-bond acceptors (Lipinski definition) is 5. The summed E-state index contributed by atoms with van der Waals surface area (Å²) in [7, 11) is 3.89. The zero-order chi connectivity index (χ0) is 17.6. The fourth-order valence-corrected chi connectivity index (χ4v) is 4.81. The van der Waals surface area contributed by atoms with E-state index in [0.29, 0.717) is 18.3 Å². The molecule has 0 spiro atoms. The number of fused-ring (bicyclic) bond motifs is 3. The second kappa shape index (κ2) is 6.41. The van der Waals surface area contributed by atoms with Crippen molar-refractivity contribution in [2.45, 2.75) is 52.6 Å². The van der Waals surface area contributed by atoms with Gasteiger partial charge in [0.25, 0.3) is 5.56 Å². The van der Waals surface area contributed by atoms with Crippen molar-refractivity contribution < 1.29 is 4.79 Å². The van der Waals surface area contributed by atoms with Gasteiger partial charge in [0.05, 0.1) is 18.0 Å². The quantitative estimate of drug-likeness (QED) is 0.853. The van der Waals surface area contributed by atoms with Crippen LogP contribution in [0.25, 0.3) is 10.2 Å². The first-order chi connectivity index (χ1) is 11.3. The van der Waals surface area contributed by atoms with Gasteiger partial charge < -0.3 is 4.90 Å². The minimum absolute atomic E-state index is 0.0176. The zero-order valence-electron chi connectivity index (χ0n) is 15.0. The van der Waals surface area contributed by atoms with Crippen LogP contribution in [0.3, 0.4) is 0 Å². The molecule has 6 heteroatoms. The second-order valence-corrected chi connectivity index (χ2v) is 8.34. The van der Waals surface area contributed by atoms with Gasteiger partial charge in [-0.25, -0.2) is 4.98 Å². The number of thiophene rings is 1. The maximum absolute atomic E-state index is 13.3. The normalized spacial score (nSPS) is 18.8. The number of nitrogens with zero attached hydrogens (tertiary/aromatic N) is 3. The van der Waals surface area contributed by atoms with Crippen LogP contribution in [0, 0.1) is 5.92 Å². The van der Waals surface area contributed by atoms with Crippen molar-refractivity contribution >= 4 is 27.3 Å². The Bertz CT molecular complexity index is 850. The first-order valence-electron chi connectivity index (χ1n) is 8.50. The van der Waals surface area contributed by atoms with Gasteiger partial charge in [0.15, 0.2) is 5.78 Å². The molecule has 130 valence electrons. The largest absolute Gasteiger partial charge is 0.302 e. The molecule has 0 saturated carbocycles. The van der Waals surface area contributed by atoms with Crippen molar-refractivity contribution in [3.63, 3.8) is 0 Å². The number of hydrogen-bond donors (Lipinski definition) is 0. The number of carbonyl (C=O) groups is 1. The third-order valence-corrected chi connectivity index (χ3v) is 6.02. The molecule has 24 heavy (non-hydrogen) atoms. The van der Waals surface area contributed by atoms with Crippen LogP contribution < -0.4 is 5.56 Å². The minimum Gasteiger partial charge on any atom is -0.302 e. The maximum atomic E-state index is 13.3. The molecule has 0 fully saturated rings. The SMILES string of the molecule is CC(=O)C(C)n1c(CN(C)C)nc2sc3c(c2c1=O)CCC(C)C3. The molecule has 0 saturated heterocycles. The molecule has 2 aromatic rings. The fourth-order valence-electron chi connectivity index (χ4n) is 3.42. The molecule has 2 aromatic heterocycles. The van der Waals surface area contributed by atoms with E-state index in [4.69, 9.17) is 4.98 Å². The summed E-state index contributed by atoms with van der Waals surface area (Å²) in [5, 5.41) is 0.748. The van der Waals surface area contributed by atoms with Crippen molar-refractivity contribution in [3.05, 3.63) is 26.6 Å². The molecule has 0 aliphatic heterocycles. The van der Waals surface area contributed by atoms with Crippen molar-refractivity contribution in [2.75, 3.05) is 14.1 Å². The Morgan fingerprint density at radius 2 is 2.17 bits per heavy atom. The molecule has 3 rings (SSSR count). The highest BCUT2D eigenvalue weighted by atomic mass is 32.1. The summed E-state index contributed by atoms with van der Waals surface area (Å²) in [6.45, 7) is 6.12. The van der Waals surface area contributed by atoms with Gasteiger partial charge in [-0.15, -0.1) is 11.3 Å². The summed E-state index contributed by atoms with van der Waals surface area (Å²) < 4.78 is 1.61. The van der Waals surface area contributed by atoms with E-state index < -0.39 is 6.04 Å². The average Bonchev–Trinajstić information content (AvgIpc) is 2.83. The van der Waals surface area contributed by atoms with Crippen LogP contribution in [0.2, 0.25) is 0 Å². The van der Waals surface area contributed by atoms with E-state index in [9.17, 15) is 9.59 Å². The second-order valence-electron chi connectivity index (χ2n) is 7.26. The number of rotatable bonds is 4. The number of aromatic nitrogens is 2. The Morgan fingerprint density at radius 3 is 2.79 bits per heavy atom. The molecule has 1 aliphatic carbocycles. The summed E-state index contributed by atoms with van der Waals surface area (Å²) in [6, 6.07) is -0.484. The van der Waals surface area contributed by atoms with Gasteiger partial charge >= 0.3 is 0 Å². The zero-order valence-corrected chi connectivity index (χ0v) is 15.9. The van der Waals surface area contributed by atoms with Gasteiger partial charge in [0.2, 0.25) is 0 Å². The minimum atomic E-state index is -0.484. The van der Waals surface area contributed by atoms with E-state index in [0.717, 1.165) is 29.5 Å². The number of aryl methyl sites for hydroxylation is 1. The first kappa shape index (κ1) is 17.3. The van der Waals surface area contributed by atoms with Gasteiger partial charge in [-0.05, 0) is 58.7 Å². The summed E-state index contributed by atoms with van der Waals surface area (Å²) in [6.07, 6.45) is 3.08. The van der Waals surface area contributed by atoms with E-state index in [1.165, 1.54) is 17.4 Å². The molecular weight excluding hydrogens is 322 g/mol. The van der Waals surface area contributed by atoms with E-state index in [-0.39, 0.29) is 11.3 Å². The molecule has 2 unspecified atom stereocenters. The van der Waals surface area contributed by atoms with Gasteiger partial charge in [0, 0.05) is 4.88 Å². The molecule has 5 nitrogen and oxygen atoms in total. The highest BCUT2D eigenvalue weighted by Crippen LogP contribution is 2.36. The molecule has 0 amide bonds. The molecular formula is C18H25N3O2S. The Morgan fingerprint density at radius 1 is 1.46 bits per heavy atom. The third kappa shape index (κ3) is 2.93. The summed E-state index contributed by atoms with van der Waals surface area (Å²) in [4.78, 5) is 34.1.